The lowest BCUT2D eigenvalue weighted by atomic mass is 9.74. The third kappa shape index (κ3) is 2.00. The number of hydrogen-bond acceptors (Lipinski definition) is 4. The normalized spacial score (nSPS) is 21.9. The number of furan rings is 1. The summed E-state index contributed by atoms with van der Waals surface area (Å²) in [6.45, 7) is 3.65. The second-order valence-corrected chi connectivity index (χ2v) is 4.53. The Bertz CT molecular complexity index is 342. The highest BCUT2D eigenvalue weighted by molar-refractivity contribution is 5.12. The number of ether oxygens (including phenoxy) is 1. The third-order valence-corrected chi connectivity index (χ3v) is 3.51. The highest BCUT2D eigenvalue weighted by atomic mass is 16.5. The molecule has 0 spiro atoms. The standard InChI is InChI=1S/C12H19NO3/c1-9-2-3-10(16-9)11(14)12(8-13)4-6-15-7-5-12/h2-3,11,14H,4-8,13H2,1H3. The second kappa shape index (κ2) is 4.57. The maximum atomic E-state index is 10.4. The number of aryl methyl sites for hydroxylation is 1. The molecule has 1 fully saturated rings. The largest absolute Gasteiger partial charge is 0.464 e. The fourth-order valence-electron chi connectivity index (χ4n) is 2.27. The molecule has 0 saturated carbocycles. The Labute approximate surface area is 95.4 Å². The summed E-state index contributed by atoms with van der Waals surface area (Å²) in [5, 5.41) is 10.4. The summed E-state index contributed by atoms with van der Waals surface area (Å²) in [7, 11) is 0. The van der Waals surface area contributed by atoms with E-state index in [0.717, 1.165) is 18.6 Å². The lowest BCUT2D eigenvalue weighted by molar-refractivity contribution is -0.0660. The van der Waals surface area contributed by atoms with Crippen LogP contribution >= 0.6 is 0 Å². The predicted molar refractivity (Wildman–Crippen MR) is 59.9 cm³/mol. The molecule has 1 aliphatic heterocycles. The van der Waals surface area contributed by atoms with E-state index in [1.54, 1.807) is 0 Å². The second-order valence-electron chi connectivity index (χ2n) is 4.53. The fourth-order valence-corrected chi connectivity index (χ4v) is 2.27. The number of nitrogens with two attached hydrogens (primary N) is 1. The Morgan fingerprint density at radius 3 is 2.62 bits per heavy atom. The van der Waals surface area contributed by atoms with Crippen molar-refractivity contribution in [2.75, 3.05) is 19.8 Å². The first-order chi connectivity index (χ1) is 7.68. The van der Waals surface area contributed by atoms with Crippen LogP contribution in [-0.2, 0) is 4.74 Å². The van der Waals surface area contributed by atoms with Gasteiger partial charge in [-0.2, -0.15) is 0 Å². The molecule has 1 aliphatic rings. The number of aliphatic hydroxyl groups excluding tert-OH is 1. The first kappa shape index (κ1) is 11.6. The summed E-state index contributed by atoms with van der Waals surface area (Å²) in [6, 6.07) is 3.69. The van der Waals surface area contributed by atoms with Crippen LogP contribution in [0.2, 0.25) is 0 Å². The van der Waals surface area contributed by atoms with E-state index >= 15 is 0 Å². The van der Waals surface area contributed by atoms with E-state index in [0.29, 0.717) is 25.5 Å². The van der Waals surface area contributed by atoms with Gasteiger partial charge in [0.15, 0.2) is 0 Å². The van der Waals surface area contributed by atoms with Gasteiger partial charge in [-0.3, -0.25) is 0 Å². The smallest absolute Gasteiger partial charge is 0.133 e. The van der Waals surface area contributed by atoms with E-state index in [4.69, 9.17) is 14.9 Å². The summed E-state index contributed by atoms with van der Waals surface area (Å²) in [6.07, 6.45) is 0.935. The fraction of sp³-hybridized carbons (Fsp3) is 0.667. The van der Waals surface area contributed by atoms with Gasteiger partial charge in [-0.1, -0.05) is 0 Å². The van der Waals surface area contributed by atoms with Crippen LogP contribution in [0, 0.1) is 12.3 Å². The molecule has 3 N–H and O–H groups in total. The van der Waals surface area contributed by atoms with Gasteiger partial charge in [0.2, 0.25) is 0 Å². The van der Waals surface area contributed by atoms with Crippen LogP contribution in [0.25, 0.3) is 0 Å². The van der Waals surface area contributed by atoms with Crippen molar-refractivity contribution in [3.05, 3.63) is 23.7 Å². The van der Waals surface area contributed by atoms with Crippen LogP contribution in [0.5, 0.6) is 0 Å². The predicted octanol–water partition coefficient (Wildman–Crippen LogP) is 1.38. The van der Waals surface area contributed by atoms with Crippen LogP contribution in [0.4, 0.5) is 0 Å². The minimum absolute atomic E-state index is 0.289. The van der Waals surface area contributed by atoms with Crippen LogP contribution in [-0.4, -0.2) is 24.9 Å². The molecule has 16 heavy (non-hydrogen) atoms. The van der Waals surface area contributed by atoms with Crippen molar-refractivity contribution >= 4 is 0 Å². The monoisotopic (exact) mass is 225 g/mol. The van der Waals surface area contributed by atoms with Crippen molar-refractivity contribution in [1.82, 2.24) is 0 Å². The van der Waals surface area contributed by atoms with E-state index in [1.165, 1.54) is 0 Å². The molecule has 4 nitrogen and oxygen atoms in total. The summed E-state index contributed by atoms with van der Waals surface area (Å²) in [4.78, 5) is 0. The molecule has 90 valence electrons. The first-order valence-electron chi connectivity index (χ1n) is 5.70. The molecule has 1 saturated heterocycles. The van der Waals surface area contributed by atoms with E-state index in [2.05, 4.69) is 0 Å². The summed E-state index contributed by atoms with van der Waals surface area (Å²) in [5.74, 6) is 1.43. The van der Waals surface area contributed by atoms with Crippen LogP contribution in [0.15, 0.2) is 16.5 Å². The molecule has 0 aromatic carbocycles. The molecular formula is C12H19NO3. The van der Waals surface area contributed by atoms with Gasteiger partial charge in [-0.25, -0.2) is 0 Å². The van der Waals surface area contributed by atoms with Gasteiger partial charge in [0.25, 0.3) is 0 Å². The van der Waals surface area contributed by atoms with Crippen molar-refractivity contribution < 1.29 is 14.3 Å². The van der Waals surface area contributed by atoms with Crippen LogP contribution in [0.3, 0.4) is 0 Å². The number of rotatable bonds is 3. The lowest BCUT2D eigenvalue weighted by Gasteiger charge is -2.39. The van der Waals surface area contributed by atoms with Gasteiger partial charge >= 0.3 is 0 Å². The van der Waals surface area contributed by atoms with E-state index in [9.17, 15) is 5.11 Å². The Morgan fingerprint density at radius 2 is 2.12 bits per heavy atom. The van der Waals surface area contributed by atoms with Crippen LogP contribution < -0.4 is 5.73 Å². The topological polar surface area (TPSA) is 68.6 Å². The number of hydrogen-bond donors (Lipinski definition) is 2. The molecule has 2 rings (SSSR count). The van der Waals surface area contributed by atoms with E-state index in [-0.39, 0.29) is 5.41 Å². The minimum atomic E-state index is -0.630. The van der Waals surface area contributed by atoms with Crippen molar-refractivity contribution in [1.29, 1.82) is 0 Å². The molecule has 0 bridgehead atoms. The summed E-state index contributed by atoms with van der Waals surface area (Å²) >= 11 is 0. The quantitative estimate of drug-likeness (QED) is 0.815. The zero-order valence-corrected chi connectivity index (χ0v) is 9.61. The molecule has 0 amide bonds. The van der Waals surface area contributed by atoms with Crippen molar-refractivity contribution in [3.63, 3.8) is 0 Å². The lowest BCUT2D eigenvalue weighted by Crippen LogP contribution is -2.41. The van der Waals surface area contributed by atoms with Gasteiger partial charge in [0.1, 0.15) is 17.6 Å². The maximum absolute atomic E-state index is 10.4. The Kier molecular flexibility index (Phi) is 3.33. The molecule has 1 aromatic rings. The Morgan fingerprint density at radius 1 is 1.44 bits per heavy atom. The average molecular weight is 225 g/mol. The number of aliphatic hydroxyl groups is 1. The third-order valence-electron chi connectivity index (χ3n) is 3.51. The van der Waals surface area contributed by atoms with Crippen molar-refractivity contribution in [2.24, 2.45) is 11.1 Å². The minimum Gasteiger partial charge on any atom is -0.464 e. The van der Waals surface area contributed by atoms with Crippen molar-refractivity contribution in [3.8, 4) is 0 Å². The molecule has 1 unspecified atom stereocenters. The molecule has 2 heterocycles. The highest BCUT2D eigenvalue weighted by Crippen LogP contribution is 2.41. The molecule has 0 aliphatic carbocycles. The molecule has 4 heteroatoms. The maximum Gasteiger partial charge on any atom is 0.133 e. The van der Waals surface area contributed by atoms with Gasteiger partial charge < -0.3 is 20.0 Å². The average Bonchev–Trinajstić information content (AvgIpc) is 2.76. The van der Waals surface area contributed by atoms with Gasteiger partial charge in [-0.15, -0.1) is 0 Å². The zero-order valence-electron chi connectivity index (χ0n) is 9.61. The molecular weight excluding hydrogens is 206 g/mol. The Balaban J connectivity index is 2.20. The van der Waals surface area contributed by atoms with Gasteiger partial charge in [-0.05, 0) is 31.9 Å². The molecule has 1 atom stereocenters. The zero-order chi connectivity index (χ0) is 11.6. The van der Waals surface area contributed by atoms with Crippen LogP contribution in [0.1, 0.15) is 30.5 Å². The van der Waals surface area contributed by atoms with Gasteiger partial charge in [0, 0.05) is 25.2 Å². The first-order valence-corrected chi connectivity index (χ1v) is 5.70. The highest BCUT2D eigenvalue weighted by Gasteiger charge is 2.40. The molecule has 1 aromatic heterocycles. The van der Waals surface area contributed by atoms with E-state index < -0.39 is 6.10 Å². The SMILES string of the molecule is Cc1ccc(C(O)C2(CN)CCOCC2)o1. The Hall–Kier alpha value is -0.840. The summed E-state index contributed by atoms with van der Waals surface area (Å²) in [5.41, 5.74) is 5.54. The van der Waals surface area contributed by atoms with E-state index in [1.807, 2.05) is 19.1 Å². The summed E-state index contributed by atoms with van der Waals surface area (Å²) < 4.78 is 10.8. The molecule has 0 radical (unpaired) electrons. The van der Waals surface area contributed by atoms with Crippen molar-refractivity contribution in [2.45, 2.75) is 25.9 Å². The van der Waals surface area contributed by atoms with Gasteiger partial charge in [0.05, 0.1) is 0 Å².